The molecule has 1 aliphatic rings. The van der Waals surface area contributed by atoms with Gasteiger partial charge in [0, 0.05) is 5.69 Å². The van der Waals surface area contributed by atoms with Gasteiger partial charge in [-0.25, -0.2) is 4.90 Å². The second kappa shape index (κ2) is 8.98. The summed E-state index contributed by atoms with van der Waals surface area (Å²) >= 11 is 0. The molecule has 0 spiro atoms. The summed E-state index contributed by atoms with van der Waals surface area (Å²) in [5, 5.41) is 3.16. The maximum Gasteiger partial charge on any atom is 0.282 e. The summed E-state index contributed by atoms with van der Waals surface area (Å²) in [7, 11) is 1.59. The summed E-state index contributed by atoms with van der Waals surface area (Å²) < 4.78 is 10.7. The van der Waals surface area contributed by atoms with E-state index in [9.17, 15) is 9.59 Å². The van der Waals surface area contributed by atoms with Gasteiger partial charge in [0.25, 0.3) is 11.8 Å². The first-order valence-corrected chi connectivity index (χ1v) is 10.4. The lowest BCUT2D eigenvalue weighted by Gasteiger charge is -2.16. The molecule has 1 aliphatic heterocycles. The van der Waals surface area contributed by atoms with E-state index in [0.29, 0.717) is 40.6 Å². The molecule has 32 heavy (non-hydrogen) atoms. The van der Waals surface area contributed by atoms with Crippen molar-refractivity contribution in [2.24, 2.45) is 0 Å². The Morgan fingerprint density at radius 3 is 2.19 bits per heavy atom. The fraction of sp³-hybridized carbons (Fsp3) is 0.154. The third-order valence-corrected chi connectivity index (χ3v) is 5.16. The minimum atomic E-state index is -0.402. The van der Waals surface area contributed by atoms with Crippen LogP contribution in [-0.2, 0) is 9.59 Å². The maximum atomic E-state index is 13.5. The molecule has 0 saturated heterocycles. The topological polar surface area (TPSA) is 67.9 Å². The van der Waals surface area contributed by atoms with Gasteiger partial charge in [-0.15, -0.1) is 0 Å². The number of hydrogen-bond donors (Lipinski definition) is 1. The highest BCUT2D eigenvalue weighted by molar-refractivity contribution is 6.46. The summed E-state index contributed by atoms with van der Waals surface area (Å²) in [6, 6.07) is 21.7. The number of aryl methyl sites for hydroxylation is 1. The van der Waals surface area contributed by atoms with E-state index < -0.39 is 5.91 Å². The van der Waals surface area contributed by atoms with Crippen molar-refractivity contribution in [1.29, 1.82) is 0 Å². The molecule has 1 heterocycles. The number of anilines is 2. The van der Waals surface area contributed by atoms with Gasteiger partial charge in [0.2, 0.25) is 0 Å². The largest absolute Gasteiger partial charge is 0.497 e. The Morgan fingerprint density at radius 1 is 0.875 bits per heavy atom. The van der Waals surface area contributed by atoms with E-state index in [4.69, 9.17) is 9.47 Å². The predicted molar refractivity (Wildman–Crippen MR) is 125 cm³/mol. The van der Waals surface area contributed by atoms with E-state index in [-0.39, 0.29) is 11.6 Å². The number of imide groups is 1. The van der Waals surface area contributed by atoms with E-state index >= 15 is 0 Å². The molecule has 0 unspecified atom stereocenters. The normalized spacial score (nSPS) is 13.5. The van der Waals surface area contributed by atoms with Gasteiger partial charge in [-0.05, 0) is 73.5 Å². The lowest BCUT2D eigenvalue weighted by atomic mass is 10.0. The van der Waals surface area contributed by atoms with Crippen LogP contribution in [0.25, 0.3) is 5.57 Å². The lowest BCUT2D eigenvalue weighted by molar-refractivity contribution is -0.120. The molecule has 162 valence electrons. The number of ether oxygens (including phenoxy) is 2. The quantitative estimate of drug-likeness (QED) is 0.548. The molecule has 3 aromatic rings. The molecule has 0 aliphatic carbocycles. The Balaban J connectivity index is 1.77. The molecular formula is C26H24N2O4. The zero-order valence-electron chi connectivity index (χ0n) is 18.2. The average Bonchev–Trinajstić information content (AvgIpc) is 3.04. The Morgan fingerprint density at radius 2 is 1.56 bits per heavy atom. The van der Waals surface area contributed by atoms with Crippen LogP contribution in [0.4, 0.5) is 11.4 Å². The summed E-state index contributed by atoms with van der Waals surface area (Å²) in [6.45, 7) is 4.38. The van der Waals surface area contributed by atoms with Gasteiger partial charge in [0.1, 0.15) is 17.2 Å². The number of rotatable bonds is 7. The van der Waals surface area contributed by atoms with Gasteiger partial charge >= 0.3 is 0 Å². The van der Waals surface area contributed by atoms with Crippen molar-refractivity contribution in [2.75, 3.05) is 23.9 Å². The van der Waals surface area contributed by atoms with E-state index in [2.05, 4.69) is 5.32 Å². The number of benzene rings is 3. The third kappa shape index (κ3) is 4.07. The molecule has 2 amide bonds. The van der Waals surface area contributed by atoms with Gasteiger partial charge in [0.15, 0.2) is 0 Å². The fourth-order valence-electron chi connectivity index (χ4n) is 3.62. The summed E-state index contributed by atoms with van der Waals surface area (Å²) in [5.74, 6) is 0.626. The average molecular weight is 428 g/mol. The Hall–Kier alpha value is -4.06. The number of nitrogens with zero attached hydrogens (tertiary/aromatic N) is 1. The van der Waals surface area contributed by atoms with Crippen LogP contribution in [0.15, 0.2) is 78.5 Å². The summed E-state index contributed by atoms with van der Waals surface area (Å²) in [6.07, 6.45) is 0. The molecule has 0 radical (unpaired) electrons. The fourth-order valence-corrected chi connectivity index (χ4v) is 3.62. The van der Waals surface area contributed by atoms with Crippen molar-refractivity contribution in [3.63, 3.8) is 0 Å². The number of nitrogens with one attached hydrogen (secondary N) is 1. The van der Waals surface area contributed by atoms with Crippen LogP contribution >= 0.6 is 0 Å². The van der Waals surface area contributed by atoms with Crippen LogP contribution in [0.3, 0.4) is 0 Å². The molecule has 0 aromatic heterocycles. The third-order valence-electron chi connectivity index (χ3n) is 5.16. The first-order valence-electron chi connectivity index (χ1n) is 10.4. The van der Waals surface area contributed by atoms with Crippen LogP contribution in [-0.4, -0.2) is 25.5 Å². The molecule has 6 nitrogen and oxygen atoms in total. The second-order valence-electron chi connectivity index (χ2n) is 7.35. The Labute approximate surface area is 187 Å². The lowest BCUT2D eigenvalue weighted by Crippen LogP contribution is -2.32. The predicted octanol–water partition coefficient (Wildman–Crippen LogP) is 4.80. The minimum absolute atomic E-state index is 0.228. The van der Waals surface area contributed by atoms with Crippen molar-refractivity contribution in [1.82, 2.24) is 0 Å². The van der Waals surface area contributed by atoms with Gasteiger partial charge < -0.3 is 14.8 Å². The van der Waals surface area contributed by atoms with Gasteiger partial charge in [-0.2, -0.15) is 0 Å². The monoisotopic (exact) mass is 428 g/mol. The van der Waals surface area contributed by atoms with Crippen LogP contribution < -0.4 is 19.7 Å². The highest BCUT2D eigenvalue weighted by Gasteiger charge is 2.40. The molecule has 0 bridgehead atoms. The molecule has 6 heteroatoms. The summed E-state index contributed by atoms with van der Waals surface area (Å²) in [4.78, 5) is 28.2. The van der Waals surface area contributed by atoms with Gasteiger partial charge in [-0.1, -0.05) is 24.3 Å². The second-order valence-corrected chi connectivity index (χ2v) is 7.35. The Bertz CT molecular complexity index is 1180. The molecule has 0 fully saturated rings. The van der Waals surface area contributed by atoms with Crippen LogP contribution in [0, 0.1) is 6.92 Å². The standard InChI is InChI=1S/C26H24N2O4/c1-4-32-22-12-8-18(9-13-22)23-24(27-19-10-14-21(31-3)15-11-19)26(30)28(25(23)29)20-7-5-6-17(2)16-20/h5-16,27H,4H2,1-3H3. The van der Waals surface area contributed by atoms with E-state index in [1.807, 2.05) is 32.0 Å². The highest BCUT2D eigenvalue weighted by atomic mass is 16.5. The molecule has 4 rings (SSSR count). The maximum absolute atomic E-state index is 13.5. The van der Waals surface area contributed by atoms with Gasteiger partial charge in [-0.3, -0.25) is 9.59 Å². The zero-order valence-corrected chi connectivity index (χ0v) is 18.2. The number of amides is 2. The van der Waals surface area contributed by atoms with Crippen molar-refractivity contribution < 1.29 is 19.1 Å². The van der Waals surface area contributed by atoms with Crippen molar-refractivity contribution in [3.05, 3.63) is 89.6 Å². The van der Waals surface area contributed by atoms with Crippen molar-refractivity contribution >= 4 is 28.8 Å². The van der Waals surface area contributed by atoms with E-state index in [0.717, 1.165) is 5.56 Å². The summed E-state index contributed by atoms with van der Waals surface area (Å²) in [5.41, 5.74) is 3.35. The van der Waals surface area contributed by atoms with Crippen LogP contribution in [0.5, 0.6) is 11.5 Å². The Kier molecular flexibility index (Phi) is 5.94. The van der Waals surface area contributed by atoms with Crippen LogP contribution in [0.2, 0.25) is 0 Å². The molecular weight excluding hydrogens is 404 g/mol. The molecule has 0 saturated carbocycles. The smallest absolute Gasteiger partial charge is 0.282 e. The molecule has 3 aromatic carbocycles. The highest BCUT2D eigenvalue weighted by Crippen LogP contribution is 2.34. The molecule has 0 atom stereocenters. The minimum Gasteiger partial charge on any atom is -0.497 e. The van der Waals surface area contributed by atoms with Crippen molar-refractivity contribution in [3.8, 4) is 11.5 Å². The SMILES string of the molecule is CCOc1ccc(C2=C(Nc3ccc(OC)cc3)C(=O)N(c3cccc(C)c3)C2=O)cc1. The first-order chi connectivity index (χ1) is 15.5. The molecule has 1 N–H and O–H groups in total. The van der Waals surface area contributed by atoms with Gasteiger partial charge in [0.05, 0.1) is 25.0 Å². The number of methoxy groups -OCH3 is 1. The van der Waals surface area contributed by atoms with E-state index in [1.165, 1.54) is 4.90 Å². The number of carbonyl (C=O) groups excluding carboxylic acids is 2. The van der Waals surface area contributed by atoms with Crippen LogP contribution in [0.1, 0.15) is 18.1 Å². The number of carbonyl (C=O) groups is 2. The zero-order chi connectivity index (χ0) is 22.7. The number of hydrogen-bond acceptors (Lipinski definition) is 5. The first kappa shape index (κ1) is 21.2. The van der Waals surface area contributed by atoms with E-state index in [1.54, 1.807) is 61.7 Å². The van der Waals surface area contributed by atoms with Crippen molar-refractivity contribution in [2.45, 2.75) is 13.8 Å².